The molecule has 0 heterocycles. The molecule has 0 radical (unpaired) electrons. The number of rotatable bonds is 5. The standard InChI is InChI=1S/C38H54/c1-7-8-28(4)33-19-20-34-32-18-17-31-25-38(29-13-9-26(2)10-14-29,30-15-11-27(3)12-16-30)24-23-36(31,5)35(32)21-22-37(33,34)6/h9-16,28,31-35H,7-8,17-25H2,1-6H3. The maximum atomic E-state index is 2.76. The van der Waals surface area contributed by atoms with Gasteiger partial charge in [0.25, 0.3) is 0 Å². The molecule has 0 aliphatic heterocycles. The van der Waals surface area contributed by atoms with Gasteiger partial charge in [-0.3, -0.25) is 0 Å². The van der Waals surface area contributed by atoms with E-state index in [1.165, 1.54) is 81.8 Å². The molecule has 2 aromatic carbocycles. The lowest BCUT2D eigenvalue weighted by Gasteiger charge is -2.63. The van der Waals surface area contributed by atoms with E-state index < -0.39 is 0 Å². The minimum atomic E-state index is 0.176. The fourth-order valence-electron chi connectivity index (χ4n) is 11.3. The summed E-state index contributed by atoms with van der Waals surface area (Å²) >= 11 is 0. The Kier molecular flexibility index (Phi) is 6.88. The topological polar surface area (TPSA) is 0 Å². The molecule has 4 saturated carbocycles. The minimum absolute atomic E-state index is 0.176. The molecule has 0 nitrogen and oxygen atoms in total. The highest BCUT2D eigenvalue weighted by molar-refractivity contribution is 5.42. The van der Waals surface area contributed by atoms with Crippen LogP contribution in [0.25, 0.3) is 0 Å². The Morgan fingerprint density at radius 2 is 1.32 bits per heavy atom. The number of benzene rings is 2. The van der Waals surface area contributed by atoms with Crippen LogP contribution in [0.4, 0.5) is 0 Å². The highest BCUT2D eigenvalue weighted by Gasteiger charge is 2.61. The molecule has 8 unspecified atom stereocenters. The van der Waals surface area contributed by atoms with E-state index in [-0.39, 0.29) is 5.41 Å². The highest BCUT2D eigenvalue weighted by atomic mass is 14.7. The molecule has 0 saturated heterocycles. The summed E-state index contributed by atoms with van der Waals surface area (Å²) < 4.78 is 0. The van der Waals surface area contributed by atoms with Gasteiger partial charge in [-0.05, 0) is 129 Å². The lowest BCUT2D eigenvalue weighted by atomic mass is 9.42. The highest BCUT2D eigenvalue weighted by Crippen LogP contribution is 2.70. The molecule has 0 aromatic heterocycles. The van der Waals surface area contributed by atoms with Crippen LogP contribution in [0.3, 0.4) is 0 Å². The molecule has 2 aromatic rings. The largest absolute Gasteiger partial charge is 0.0654 e. The Morgan fingerprint density at radius 1 is 0.711 bits per heavy atom. The van der Waals surface area contributed by atoms with Crippen LogP contribution >= 0.6 is 0 Å². The lowest BCUT2D eigenvalue weighted by molar-refractivity contribution is -0.122. The van der Waals surface area contributed by atoms with Gasteiger partial charge in [0.15, 0.2) is 0 Å². The van der Waals surface area contributed by atoms with E-state index in [1.807, 2.05) is 0 Å². The first-order valence-electron chi connectivity index (χ1n) is 16.4. The predicted octanol–water partition coefficient (Wildman–Crippen LogP) is 10.7. The third kappa shape index (κ3) is 4.06. The molecular formula is C38H54. The average molecular weight is 511 g/mol. The van der Waals surface area contributed by atoms with Crippen molar-refractivity contribution in [2.24, 2.45) is 46.3 Å². The second kappa shape index (κ2) is 9.82. The molecule has 0 spiro atoms. The van der Waals surface area contributed by atoms with Crippen molar-refractivity contribution in [2.75, 3.05) is 0 Å². The van der Waals surface area contributed by atoms with Crippen LogP contribution in [0, 0.1) is 60.2 Å². The quantitative estimate of drug-likeness (QED) is 0.375. The molecule has 6 rings (SSSR count). The third-order valence-electron chi connectivity index (χ3n) is 13.5. The van der Waals surface area contributed by atoms with Crippen molar-refractivity contribution in [3.63, 3.8) is 0 Å². The summed E-state index contributed by atoms with van der Waals surface area (Å²) in [6.07, 6.45) is 15.8. The van der Waals surface area contributed by atoms with E-state index in [0.717, 1.165) is 35.5 Å². The predicted molar refractivity (Wildman–Crippen MR) is 162 cm³/mol. The second-order valence-electron chi connectivity index (χ2n) is 15.2. The van der Waals surface area contributed by atoms with Gasteiger partial charge in [-0.2, -0.15) is 0 Å². The maximum absolute atomic E-state index is 2.76. The van der Waals surface area contributed by atoms with Crippen LogP contribution in [0.2, 0.25) is 0 Å². The Labute approximate surface area is 234 Å². The molecular weight excluding hydrogens is 456 g/mol. The van der Waals surface area contributed by atoms with E-state index in [1.54, 1.807) is 11.1 Å². The van der Waals surface area contributed by atoms with E-state index in [0.29, 0.717) is 10.8 Å². The van der Waals surface area contributed by atoms with Crippen LogP contribution < -0.4 is 0 Å². The van der Waals surface area contributed by atoms with Gasteiger partial charge in [0.2, 0.25) is 0 Å². The number of fused-ring (bicyclic) bond motifs is 5. The Hall–Kier alpha value is -1.56. The minimum Gasteiger partial charge on any atom is -0.0654 e. The summed E-state index contributed by atoms with van der Waals surface area (Å²) in [5.74, 6) is 5.66. The second-order valence-corrected chi connectivity index (χ2v) is 15.2. The summed E-state index contributed by atoms with van der Waals surface area (Å²) in [6, 6.07) is 19.3. The first kappa shape index (κ1) is 26.7. The summed E-state index contributed by atoms with van der Waals surface area (Å²) in [4.78, 5) is 0. The van der Waals surface area contributed by atoms with Gasteiger partial charge < -0.3 is 0 Å². The number of aryl methyl sites for hydroxylation is 2. The first-order valence-corrected chi connectivity index (χ1v) is 16.4. The van der Waals surface area contributed by atoms with Crippen molar-refractivity contribution >= 4 is 0 Å². The number of hydrogen-bond donors (Lipinski definition) is 0. The molecule has 0 N–H and O–H groups in total. The monoisotopic (exact) mass is 510 g/mol. The SMILES string of the molecule is CCCC(C)C1CCC2C3CCC4CC(c5ccc(C)cc5)(c5ccc(C)cc5)CCC4(C)C3CCC12C. The van der Waals surface area contributed by atoms with Crippen molar-refractivity contribution in [2.45, 2.75) is 118 Å². The smallest absolute Gasteiger partial charge is 0.0206 e. The molecule has 206 valence electrons. The molecule has 4 aliphatic rings. The van der Waals surface area contributed by atoms with Gasteiger partial charge >= 0.3 is 0 Å². The van der Waals surface area contributed by atoms with Crippen LogP contribution in [-0.4, -0.2) is 0 Å². The van der Waals surface area contributed by atoms with Gasteiger partial charge in [-0.1, -0.05) is 100 Å². The third-order valence-corrected chi connectivity index (χ3v) is 13.5. The van der Waals surface area contributed by atoms with Gasteiger partial charge in [0.05, 0.1) is 0 Å². The van der Waals surface area contributed by atoms with Crippen LogP contribution in [-0.2, 0) is 5.41 Å². The zero-order chi connectivity index (χ0) is 26.7. The Bertz CT molecular complexity index is 1060. The molecule has 8 atom stereocenters. The van der Waals surface area contributed by atoms with Gasteiger partial charge in [0, 0.05) is 5.41 Å². The Balaban J connectivity index is 1.30. The average Bonchev–Trinajstić information content (AvgIpc) is 3.27. The van der Waals surface area contributed by atoms with E-state index in [4.69, 9.17) is 0 Å². The van der Waals surface area contributed by atoms with Gasteiger partial charge in [-0.25, -0.2) is 0 Å². The van der Waals surface area contributed by atoms with Crippen molar-refractivity contribution in [3.05, 3.63) is 70.8 Å². The molecule has 4 aliphatic carbocycles. The van der Waals surface area contributed by atoms with Gasteiger partial charge in [-0.15, -0.1) is 0 Å². The molecule has 38 heavy (non-hydrogen) atoms. The summed E-state index contributed by atoms with van der Waals surface area (Å²) in [5.41, 5.74) is 7.20. The number of hydrogen-bond acceptors (Lipinski definition) is 0. The maximum Gasteiger partial charge on any atom is 0.0206 e. The molecule has 0 bridgehead atoms. The Morgan fingerprint density at radius 3 is 1.92 bits per heavy atom. The van der Waals surface area contributed by atoms with Crippen molar-refractivity contribution < 1.29 is 0 Å². The van der Waals surface area contributed by atoms with E-state index >= 15 is 0 Å². The zero-order valence-electron chi connectivity index (χ0n) is 25.4. The molecule has 0 amide bonds. The van der Waals surface area contributed by atoms with Crippen LogP contribution in [0.5, 0.6) is 0 Å². The van der Waals surface area contributed by atoms with Crippen LogP contribution in [0.15, 0.2) is 48.5 Å². The van der Waals surface area contributed by atoms with Crippen molar-refractivity contribution in [1.29, 1.82) is 0 Å². The van der Waals surface area contributed by atoms with Crippen LogP contribution in [0.1, 0.15) is 121 Å². The van der Waals surface area contributed by atoms with E-state index in [9.17, 15) is 0 Å². The first-order chi connectivity index (χ1) is 18.2. The summed E-state index contributed by atoms with van der Waals surface area (Å²) in [7, 11) is 0. The van der Waals surface area contributed by atoms with E-state index in [2.05, 4.69) is 90.1 Å². The lowest BCUT2D eigenvalue weighted by Crippen LogP contribution is -2.55. The van der Waals surface area contributed by atoms with Crippen molar-refractivity contribution in [1.82, 2.24) is 0 Å². The zero-order valence-corrected chi connectivity index (χ0v) is 25.4. The van der Waals surface area contributed by atoms with Gasteiger partial charge in [0.1, 0.15) is 0 Å². The fourth-order valence-corrected chi connectivity index (χ4v) is 11.3. The normalized spacial score (nSPS) is 38.6. The summed E-state index contributed by atoms with van der Waals surface area (Å²) in [6.45, 7) is 14.9. The molecule has 4 fully saturated rings. The summed E-state index contributed by atoms with van der Waals surface area (Å²) in [5, 5.41) is 0. The fraction of sp³-hybridized carbons (Fsp3) is 0.684. The van der Waals surface area contributed by atoms with Crippen molar-refractivity contribution in [3.8, 4) is 0 Å². The molecule has 0 heteroatoms.